The van der Waals surface area contributed by atoms with Crippen molar-refractivity contribution >= 4 is 11.6 Å². The predicted octanol–water partition coefficient (Wildman–Crippen LogP) is 0.221. The minimum Gasteiger partial charge on any atom is -0.475 e. The number of aliphatic hydroxyl groups excluding tert-OH is 1. The smallest absolute Gasteiger partial charge is 0.314 e. The molecule has 0 atom stereocenters. The average molecular weight is 258 g/mol. The number of carbonyl (C=O) groups excluding carboxylic acids is 1. The molecule has 0 aromatic heterocycles. The van der Waals surface area contributed by atoms with Crippen LogP contribution in [0.2, 0.25) is 0 Å². The van der Waals surface area contributed by atoms with E-state index in [9.17, 15) is 19.3 Å². The van der Waals surface area contributed by atoms with E-state index in [1.807, 2.05) is 0 Å². The average Bonchev–Trinajstić information content (AvgIpc) is 2.34. The summed E-state index contributed by atoms with van der Waals surface area (Å²) in [6.45, 7) is -0.783. The van der Waals surface area contributed by atoms with Gasteiger partial charge in [0.1, 0.15) is 0 Å². The van der Waals surface area contributed by atoms with Crippen molar-refractivity contribution in [2.75, 3.05) is 19.8 Å². The highest BCUT2D eigenvalue weighted by Crippen LogP contribution is 2.29. The van der Waals surface area contributed by atoms with Crippen LogP contribution in [0.15, 0.2) is 18.2 Å². The van der Waals surface area contributed by atoms with E-state index in [0.29, 0.717) is 0 Å². The molecule has 0 aliphatic rings. The van der Waals surface area contributed by atoms with Gasteiger partial charge in [0.05, 0.1) is 11.5 Å². The molecule has 1 amide bonds. The van der Waals surface area contributed by atoms with Gasteiger partial charge in [-0.2, -0.15) is 0 Å². The van der Waals surface area contributed by atoms with Gasteiger partial charge in [-0.1, -0.05) is 6.07 Å². The summed E-state index contributed by atoms with van der Waals surface area (Å²) in [6, 6.07) is 3.24. The molecule has 2 N–H and O–H groups in total. The van der Waals surface area contributed by atoms with Crippen LogP contribution in [0.4, 0.5) is 10.1 Å². The van der Waals surface area contributed by atoms with Crippen LogP contribution in [0.25, 0.3) is 0 Å². The summed E-state index contributed by atoms with van der Waals surface area (Å²) in [6.07, 6.45) is 0. The molecule has 0 heterocycles. The molecule has 1 aromatic rings. The Kier molecular flexibility index (Phi) is 5.00. The first-order chi connectivity index (χ1) is 8.56. The zero-order valence-electron chi connectivity index (χ0n) is 9.26. The van der Waals surface area contributed by atoms with E-state index in [1.165, 1.54) is 6.07 Å². The number of ether oxygens (including phenoxy) is 1. The number of amides is 1. The first-order valence-corrected chi connectivity index (χ1v) is 4.99. The second-order valence-corrected chi connectivity index (χ2v) is 3.21. The Bertz CT molecular complexity index is 452. The Hall–Kier alpha value is -2.22. The standard InChI is InChI=1S/C10H11FN2O5/c11-7-2-1-3-8(13(16)17)10(7)18-6-9(15)12-4-5-14/h1-3,14H,4-6H2,(H,12,15). The molecule has 0 spiro atoms. The number of nitrogens with one attached hydrogen (secondary N) is 1. The quantitative estimate of drug-likeness (QED) is 0.561. The van der Waals surface area contributed by atoms with E-state index in [1.54, 1.807) is 0 Å². The molecule has 0 fully saturated rings. The molecule has 1 aromatic carbocycles. The van der Waals surface area contributed by atoms with Gasteiger partial charge >= 0.3 is 5.69 Å². The normalized spacial score (nSPS) is 9.89. The van der Waals surface area contributed by atoms with Gasteiger partial charge < -0.3 is 15.2 Å². The second-order valence-electron chi connectivity index (χ2n) is 3.21. The lowest BCUT2D eigenvalue weighted by molar-refractivity contribution is -0.386. The van der Waals surface area contributed by atoms with Crippen LogP contribution in [0.5, 0.6) is 5.75 Å². The lowest BCUT2D eigenvalue weighted by Gasteiger charge is -2.07. The Morgan fingerprint density at radius 3 is 2.89 bits per heavy atom. The first kappa shape index (κ1) is 13.8. The maximum absolute atomic E-state index is 13.3. The van der Waals surface area contributed by atoms with Gasteiger partial charge in [0.25, 0.3) is 5.91 Å². The Balaban J connectivity index is 2.72. The van der Waals surface area contributed by atoms with Gasteiger partial charge in [-0.25, -0.2) is 4.39 Å². The fourth-order valence-electron chi connectivity index (χ4n) is 1.17. The number of hydrogen-bond acceptors (Lipinski definition) is 5. The number of rotatable bonds is 6. The van der Waals surface area contributed by atoms with Crippen LogP contribution in [-0.2, 0) is 4.79 Å². The molecule has 0 bridgehead atoms. The largest absolute Gasteiger partial charge is 0.475 e. The van der Waals surface area contributed by atoms with Crippen molar-refractivity contribution in [1.82, 2.24) is 5.32 Å². The molecule has 1 rings (SSSR count). The molecule has 0 unspecified atom stereocenters. The Labute approximate surface area is 101 Å². The van der Waals surface area contributed by atoms with Crippen LogP contribution >= 0.6 is 0 Å². The number of benzene rings is 1. The maximum Gasteiger partial charge on any atom is 0.314 e. The van der Waals surface area contributed by atoms with E-state index in [-0.39, 0.29) is 13.2 Å². The lowest BCUT2D eigenvalue weighted by Crippen LogP contribution is -2.31. The van der Waals surface area contributed by atoms with Crippen LogP contribution in [0.1, 0.15) is 0 Å². The fourth-order valence-corrected chi connectivity index (χ4v) is 1.17. The summed E-state index contributed by atoms with van der Waals surface area (Å²) in [5, 5.41) is 21.3. The van der Waals surface area contributed by atoms with Crippen LogP contribution in [0, 0.1) is 15.9 Å². The van der Waals surface area contributed by atoms with Gasteiger partial charge in [-0.3, -0.25) is 14.9 Å². The summed E-state index contributed by atoms with van der Waals surface area (Å²) in [4.78, 5) is 20.9. The number of hydrogen-bond donors (Lipinski definition) is 2. The molecule has 0 saturated heterocycles. The summed E-state index contributed by atoms with van der Waals surface area (Å²) >= 11 is 0. The van der Waals surface area contributed by atoms with Crippen LogP contribution in [-0.4, -0.2) is 35.7 Å². The van der Waals surface area contributed by atoms with Crippen LogP contribution in [0.3, 0.4) is 0 Å². The van der Waals surface area contributed by atoms with Crippen molar-refractivity contribution in [3.8, 4) is 5.75 Å². The highest BCUT2D eigenvalue weighted by molar-refractivity contribution is 5.77. The topological polar surface area (TPSA) is 102 Å². The molecule has 0 saturated carbocycles. The van der Waals surface area contributed by atoms with Crippen molar-refractivity contribution in [1.29, 1.82) is 0 Å². The van der Waals surface area contributed by atoms with Crippen LogP contribution < -0.4 is 10.1 Å². The third-order valence-electron chi connectivity index (χ3n) is 1.92. The first-order valence-electron chi connectivity index (χ1n) is 4.99. The van der Waals surface area contributed by atoms with Gasteiger partial charge in [0.2, 0.25) is 5.75 Å². The van der Waals surface area contributed by atoms with E-state index >= 15 is 0 Å². The molecule has 0 radical (unpaired) electrons. The lowest BCUT2D eigenvalue weighted by atomic mass is 10.3. The summed E-state index contributed by atoms with van der Waals surface area (Å²) < 4.78 is 18.1. The monoisotopic (exact) mass is 258 g/mol. The predicted molar refractivity (Wildman–Crippen MR) is 58.6 cm³/mol. The highest BCUT2D eigenvalue weighted by Gasteiger charge is 2.20. The van der Waals surface area contributed by atoms with E-state index in [2.05, 4.69) is 5.32 Å². The van der Waals surface area contributed by atoms with E-state index in [4.69, 9.17) is 9.84 Å². The number of aliphatic hydroxyl groups is 1. The number of halogens is 1. The van der Waals surface area contributed by atoms with Gasteiger partial charge in [-0.15, -0.1) is 0 Å². The maximum atomic E-state index is 13.3. The fraction of sp³-hybridized carbons (Fsp3) is 0.300. The minimum atomic E-state index is -0.917. The Morgan fingerprint density at radius 1 is 1.56 bits per heavy atom. The number of nitro benzene ring substituents is 1. The molecular weight excluding hydrogens is 247 g/mol. The van der Waals surface area contributed by atoms with E-state index in [0.717, 1.165) is 12.1 Å². The third kappa shape index (κ3) is 3.67. The molecule has 98 valence electrons. The van der Waals surface area contributed by atoms with Gasteiger partial charge in [-0.05, 0) is 6.07 Å². The SMILES string of the molecule is O=C(COc1c(F)cccc1[N+](=O)[O-])NCCO. The molecule has 7 nitrogen and oxygen atoms in total. The van der Waals surface area contributed by atoms with Gasteiger partial charge in [0, 0.05) is 12.6 Å². The zero-order chi connectivity index (χ0) is 13.5. The number of nitrogens with zero attached hydrogens (tertiary/aromatic N) is 1. The van der Waals surface area contributed by atoms with Gasteiger partial charge in [0.15, 0.2) is 12.4 Å². The zero-order valence-corrected chi connectivity index (χ0v) is 9.26. The second kappa shape index (κ2) is 6.50. The summed E-state index contributed by atoms with van der Waals surface area (Å²) in [5.74, 6) is -2.11. The van der Waals surface area contributed by atoms with E-state index < -0.39 is 34.7 Å². The Morgan fingerprint density at radius 2 is 2.28 bits per heavy atom. The minimum absolute atomic E-state index is 0.0293. The summed E-state index contributed by atoms with van der Waals surface area (Å²) in [5.41, 5.74) is -0.551. The third-order valence-corrected chi connectivity index (χ3v) is 1.92. The number of carbonyl (C=O) groups is 1. The van der Waals surface area contributed by atoms with Crippen molar-refractivity contribution in [3.63, 3.8) is 0 Å². The molecular formula is C10H11FN2O5. The number of para-hydroxylation sites is 1. The molecule has 18 heavy (non-hydrogen) atoms. The number of nitro groups is 1. The van der Waals surface area contributed by atoms with Crippen molar-refractivity contribution < 1.29 is 24.0 Å². The molecule has 0 aliphatic heterocycles. The van der Waals surface area contributed by atoms with Crippen molar-refractivity contribution in [3.05, 3.63) is 34.1 Å². The molecule has 0 aliphatic carbocycles. The van der Waals surface area contributed by atoms with Crippen molar-refractivity contribution in [2.24, 2.45) is 0 Å². The molecule has 8 heteroatoms. The summed E-state index contributed by atoms with van der Waals surface area (Å²) in [7, 11) is 0. The highest BCUT2D eigenvalue weighted by atomic mass is 19.1. The van der Waals surface area contributed by atoms with Crippen molar-refractivity contribution in [2.45, 2.75) is 0 Å².